The lowest BCUT2D eigenvalue weighted by Gasteiger charge is -2.23. The van der Waals surface area contributed by atoms with Gasteiger partial charge in [-0.3, -0.25) is 0 Å². The van der Waals surface area contributed by atoms with E-state index in [1.165, 1.54) is 42.5 Å². The zero-order valence-corrected chi connectivity index (χ0v) is 21.7. The number of phenolic OH excluding ortho intramolecular Hbond substituents is 1. The molecule has 0 aliphatic heterocycles. The Balaban J connectivity index is 1.66. The van der Waals surface area contributed by atoms with Crippen LogP contribution in [-0.4, -0.2) is 17.8 Å². The van der Waals surface area contributed by atoms with Gasteiger partial charge in [0.05, 0.1) is 10.6 Å². The summed E-state index contributed by atoms with van der Waals surface area (Å²) in [7, 11) is -4.35. The third-order valence-corrected chi connectivity index (χ3v) is 8.05. The Hall–Kier alpha value is -3.11. The van der Waals surface area contributed by atoms with E-state index >= 15 is 0 Å². The molecule has 0 aliphatic carbocycles. The lowest BCUT2D eigenvalue weighted by atomic mass is 10.0. The predicted octanol–water partition coefficient (Wildman–Crippen LogP) is 7.92. The van der Waals surface area contributed by atoms with Crippen LogP contribution in [0.1, 0.15) is 16.7 Å². The molecule has 0 bridgehead atoms. The molecule has 198 valence electrons. The summed E-state index contributed by atoms with van der Waals surface area (Å²) < 4.78 is 80.3. The third kappa shape index (κ3) is 6.30. The summed E-state index contributed by atoms with van der Waals surface area (Å²) in [5.74, 6) is -1.14. The largest absolute Gasteiger partial charge is 0.505 e. The molecule has 4 aromatic carbocycles. The first-order chi connectivity index (χ1) is 17.8. The maximum Gasteiger partial charge on any atom is 0.416 e. The number of rotatable bonds is 7. The Labute approximate surface area is 226 Å². The number of alkyl halides is 3. The summed E-state index contributed by atoms with van der Waals surface area (Å²) in [5.41, 5.74) is 1.47. The van der Waals surface area contributed by atoms with Crippen LogP contribution in [0.15, 0.2) is 89.8 Å². The van der Waals surface area contributed by atoms with Gasteiger partial charge in [-0.1, -0.05) is 71.7 Å². The van der Waals surface area contributed by atoms with E-state index in [2.05, 4.69) is 0 Å². The molecule has 1 N–H and O–H groups in total. The highest BCUT2D eigenvalue weighted by Gasteiger charge is 2.31. The third-order valence-electron chi connectivity index (χ3n) is 5.74. The summed E-state index contributed by atoms with van der Waals surface area (Å²) in [4.78, 5) is -0.488. The second-order valence-electron chi connectivity index (χ2n) is 8.41. The van der Waals surface area contributed by atoms with E-state index in [4.69, 9.17) is 23.2 Å². The number of hydrogen-bond donors (Lipinski definition) is 1. The Morgan fingerprint density at radius 3 is 1.74 bits per heavy atom. The first kappa shape index (κ1) is 27.9. The fourth-order valence-corrected chi connectivity index (χ4v) is 5.92. The summed E-state index contributed by atoms with van der Waals surface area (Å²) >= 11 is 12.0. The molecule has 38 heavy (non-hydrogen) atoms. The summed E-state index contributed by atoms with van der Waals surface area (Å²) in [5, 5.41) is 10.2. The van der Waals surface area contributed by atoms with Gasteiger partial charge < -0.3 is 5.11 Å². The number of halogens is 6. The number of benzene rings is 4. The monoisotopic (exact) mass is 583 g/mol. The lowest BCUT2D eigenvalue weighted by Crippen LogP contribution is -2.30. The fourth-order valence-electron chi connectivity index (χ4n) is 3.76. The van der Waals surface area contributed by atoms with Crippen molar-refractivity contribution in [2.45, 2.75) is 24.2 Å². The second-order valence-corrected chi connectivity index (χ2v) is 11.2. The molecule has 0 fully saturated rings. The Morgan fingerprint density at radius 2 is 1.24 bits per heavy atom. The number of hydrogen-bond acceptors (Lipinski definition) is 3. The molecule has 0 unspecified atom stereocenters. The van der Waals surface area contributed by atoms with Crippen molar-refractivity contribution in [2.75, 3.05) is 0 Å². The lowest BCUT2D eigenvalue weighted by molar-refractivity contribution is -0.137. The van der Waals surface area contributed by atoms with Gasteiger partial charge in [0, 0.05) is 18.1 Å². The highest BCUT2D eigenvalue weighted by Crippen LogP contribution is 2.37. The van der Waals surface area contributed by atoms with Gasteiger partial charge in [0.1, 0.15) is 10.7 Å². The standard InChI is InChI=1S/C27H19Cl2F4NO3S/c28-22-13-24(29)26(35)25(14-22)38(36,37)34(16-18-3-11-23(30)12-4-18)15-17-1-5-19(6-2-17)20-7-9-21(10-8-20)27(31,32)33/h1-14,35H,15-16H2. The van der Waals surface area contributed by atoms with Crippen LogP contribution in [0.2, 0.25) is 10.0 Å². The van der Waals surface area contributed by atoms with E-state index in [1.54, 1.807) is 24.3 Å². The van der Waals surface area contributed by atoms with Crippen LogP contribution >= 0.6 is 23.2 Å². The highest BCUT2D eigenvalue weighted by atomic mass is 35.5. The maximum absolute atomic E-state index is 13.6. The zero-order chi connectivity index (χ0) is 27.7. The maximum atomic E-state index is 13.6. The second kappa shape index (κ2) is 10.9. The van der Waals surface area contributed by atoms with Crippen molar-refractivity contribution in [2.24, 2.45) is 0 Å². The molecular formula is C27H19Cl2F4NO3S. The van der Waals surface area contributed by atoms with Crippen LogP contribution in [0.25, 0.3) is 11.1 Å². The van der Waals surface area contributed by atoms with Crippen molar-refractivity contribution >= 4 is 33.2 Å². The number of aromatic hydroxyl groups is 1. The van der Waals surface area contributed by atoms with Crippen molar-refractivity contribution in [1.29, 1.82) is 0 Å². The van der Waals surface area contributed by atoms with Gasteiger partial charge in [-0.2, -0.15) is 17.5 Å². The van der Waals surface area contributed by atoms with Crippen LogP contribution in [0.5, 0.6) is 5.75 Å². The van der Waals surface area contributed by atoms with Crippen molar-refractivity contribution in [3.8, 4) is 16.9 Å². The molecule has 0 atom stereocenters. The van der Waals surface area contributed by atoms with Gasteiger partial charge in [0.25, 0.3) is 0 Å². The first-order valence-corrected chi connectivity index (χ1v) is 13.2. The van der Waals surface area contributed by atoms with E-state index in [-0.39, 0.29) is 23.1 Å². The van der Waals surface area contributed by atoms with Gasteiger partial charge in [0.2, 0.25) is 10.0 Å². The predicted molar refractivity (Wildman–Crippen MR) is 138 cm³/mol. The molecule has 4 rings (SSSR count). The number of nitrogens with zero attached hydrogens (tertiary/aromatic N) is 1. The molecule has 4 nitrogen and oxygen atoms in total. The van der Waals surface area contributed by atoms with Crippen molar-refractivity contribution in [3.05, 3.63) is 117 Å². The van der Waals surface area contributed by atoms with Gasteiger partial charge >= 0.3 is 6.18 Å². The molecule has 11 heteroatoms. The highest BCUT2D eigenvalue weighted by molar-refractivity contribution is 7.89. The smallest absolute Gasteiger partial charge is 0.416 e. The van der Waals surface area contributed by atoms with E-state index in [9.17, 15) is 31.1 Å². The minimum Gasteiger partial charge on any atom is -0.505 e. The average molecular weight is 584 g/mol. The quantitative estimate of drug-likeness (QED) is 0.225. The van der Waals surface area contributed by atoms with Crippen molar-refractivity contribution < 1.29 is 31.1 Å². The molecule has 0 aromatic heterocycles. The van der Waals surface area contributed by atoms with E-state index in [0.717, 1.165) is 22.5 Å². The average Bonchev–Trinajstić information content (AvgIpc) is 2.87. The van der Waals surface area contributed by atoms with Crippen LogP contribution in [0, 0.1) is 5.82 Å². The SMILES string of the molecule is O=S(=O)(c1cc(Cl)cc(Cl)c1O)N(Cc1ccc(F)cc1)Cc1ccc(-c2ccc(C(F)(F)F)cc2)cc1. The number of phenols is 1. The van der Waals surface area contributed by atoms with Crippen LogP contribution in [-0.2, 0) is 29.3 Å². The molecule has 0 aliphatic rings. The number of sulfonamides is 1. The summed E-state index contributed by atoms with van der Waals surface area (Å²) in [6.07, 6.45) is -4.44. The van der Waals surface area contributed by atoms with Gasteiger partial charge in [-0.05, 0) is 58.7 Å². The zero-order valence-electron chi connectivity index (χ0n) is 19.4. The first-order valence-electron chi connectivity index (χ1n) is 11.0. The van der Waals surface area contributed by atoms with Gasteiger partial charge in [-0.25, -0.2) is 12.8 Å². The molecule has 0 saturated heterocycles. The molecule has 0 radical (unpaired) electrons. The minimum atomic E-state index is -4.44. The normalized spacial score (nSPS) is 12.2. The fraction of sp³-hybridized carbons (Fsp3) is 0.111. The van der Waals surface area contributed by atoms with Gasteiger partial charge in [-0.15, -0.1) is 0 Å². The van der Waals surface area contributed by atoms with Crippen molar-refractivity contribution in [1.82, 2.24) is 4.31 Å². The topological polar surface area (TPSA) is 57.6 Å². The molecular weight excluding hydrogens is 565 g/mol. The van der Waals surface area contributed by atoms with Crippen LogP contribution in [0.4, 0.5) is 17.6 Å². The minimum absolute atomic E-state index is 0.00833. The van der Waals surface area contributed by atoms with Crippen molar-refractivity contribution in [3.63, 3.8) is 0 Å². The molecule has 0 saturated carbocycles. The summed E-state index contributed by atoms with van der Waals surface area (Å²) in [6, 6.07) is 18.9. The summed E-state index contributed by atoms with van der Waals surface area (Å²) in [6.45, 7) is -0.302. The van der Waals surface area contributed by atoms with E-state index in [0.29, 0.717) is 22.3 Å². The Kier molecular flexibility index (Phi) is 8.04. The van der Waals surface area contributed by atoms with E-state index in [1.807, 2.05) is 0 Å². The van der Waals surface area contributed by atoms with Crippen LogP contribution in [0.3, 0.4) is 0 Å². The molecule has 0 heterocycles. The molecule has 0 spiro atoms. The van der Waals surface area contributed by atoms with Crippen LogP contribution < -0.4 is 0 Å². The molecule has 0 amide bonds. The molecule has 4 aromatic rings. The Bertz CT molecular complexity index is 1540. The van der Waals surface area contributed by atoms with E-state index < -0.39 is 38.2 Å². The van der Waals surface area contributed by atoms with Gasteiger partial charge in [0.15, 0.2) is 5.75 Å². The Morgan fingerprint density at radius 1 is 0.763 bits per heavy atom.